The number of carbonyl (C=O) groups excluding carboxylic acids is 1. The molecule has 16 heavy (non-hydrogen) atoms. The first-order chi connectivity index (χ1) is 7.61. The summed E-state index contributed by atoms with van der Waals surface area (Å²) in [6.07, 6.45) is 2.06. The largest absolute Gasteiger partial charge is 0.344 e. The van der Waals surface area contributed by atoms with Crippen LogP contribution in [-0.4, -0.2) is 10.4 Å². The van der Waals surface area contributed by atoms with Gasteiger partial charge in [0.05, 0.1) is 0 Å². The molecule has 84 valence electrons. The van der Waals surface area contributed by atoms with Crippen molar-refractivity contribution < 1.29 is 4.79 Å². The molecule has 0 radical (unpaired) electrons. The van der Waals surface area contributed by atoms with Gasteiger partial charge in [0, 0.05) is 23.7 Å². The van der Waals surface area contributed by atoms with Gasteiger partial charge in [-0.1, -0.05) is 25.1 Å². The summed E-state index contributed by atoms with van der Waals surface area (Å²) in [5.74, 6) is 0.293. The highest BCUT2D eigenvalue weighted by Gasteiger charge is 2.18. The van der Waals surface area contributed by atoms with Gasteiger partial charge in [0.1, 0.15) is 5.78 Å². The fourth-order valence-electron chi connectivity index (χ4n) is 2.04. The number of fused-ring (bicyclic) bond motifs is 1. The van der Waals surface area contributed by atoms with Crippen molar-refractivity contribution >= 4 is 16.7 Å². The van der Waals surface area contributed by atoms with Gasteiger partial charge in [0.15, 0.2) is 0 Å². The SMILES string of the molecule is CC(=O)C(C)C(C)n1ccc2ccccc21. The molecule has 1 aromatic carbocycles. The fraction of sp³-hybridized carbons (Fsp3) is 0.357. The number of ketones is 1. The topological polar surface area (TPSA) is 22.0 Å². The molecule has 0 spiro atoms. The second-order valence-electron chi connectivity index (χ2n) is 4.42. The Balaban J connectivity index is 2.44. The third-order valence-corrected chi connectivity index (χ3v) is 3.43. The first-order valence-corrected chi connectivity index (χ1v) is 5.67. The number of hydrogen-bond acceptors (Lipinski definition) is 1. The second kappa shape index (κ2) is 4.12. The highest BCUT2D eigenvalue weighted by molar-refractivity contribution is 5.81. The van der Waals surface area contributed by atoms with Crippen LogP contribution in [0.5, 0.6) is 0 Å². The maximum Gasteiger partial charge on any atom is 0.134 e. The lowest BCUT2D eigenvalue weighted by Crippen LogP contribution is -2.19. The molecule has 0 aliphatic heterocycles. The molecule has 0 aliphatic rings. The Labute approximate surface area is 95.9 Å². The van der Waals surface area contributed by atoms with Crippen molar-refractivity contribution in [1.82, 2.24) is 4.57 Å². The van der Waals surface area contributed by atoms with E-state index in [0.29, 0.717) is 0 Å². The molecule has 0 amide bonds. The van der Waals surface area contributed by atoms with Gasteiger partial charge in [-0.05, 0) is 31.4 Å². The lowest BCUT2D eigenvalue weighted by molar-refractivity contribution is -0.121. The van der Waals surface area contributed by atoms with Gasteiger partial charge in [-0.2, -0.15) is 0 Å². The maximum absolute atomic E-state index is 11.4. The van der Waals surface area contributed by atoms with Crippen LogP contribution in [-0.2, 0) is 4.79 Å². The van der Waals surface area contributed by atoms with E-state index < -0.39 is 0 Å². The molecule has 2 atom stereocenters. The number of nitrogens with zero attached hydrogens (tertiary/aromatic N) is 1. The van der Waals surface area contributed by atoms with Gasteiger partial charge in [-0.3, -0.25) is 4.79 Å². The quantitative estimate of drug-likeness (QED) is 0.768. The average molecular weight is 215 g/mol. The zero-order valence-electron chi connectivity index (χ0n) is 9.97. The number of benzene rings is 1. The monoisotopic (exact) mass is 215 g/mol. The van der Waals surface area contributed by atoms with E-state index in [2.05, 4.69) is 35.9 Å². The van der Waals surface area contributed by atoms with Crippen LogP contribution in [0, 0.1) is 5.92 Å². The normalized spacial score (nSPS) is 14.9. The number of Topliss-reactive ketones (excluding diaryl/α,β-unsaturated/α-hetero) is 1. The number of aromatic nitrogens is 1. The molecule has 2 heteroatoms. The molecule has 1 aromatic heterocycles. The molecule has 2 unspecified atom stereocenters. The van der Waals surface area contributed by atoms with Crippen molar-refractivity contribution in [2.75, 3.05) is 0 Å². The van der Waals surface area contributed by atoms with Crippen LogP contribution >= 0.6 is 0 Å². The Morgan fingerprint density at radius 3 is 2.56 bits per heavy atom. The van der Waals surface area contributed by atoms with E-state index in [4.69, 9.17) is 0 Å². The highest BCUT2D eigenvalue weighted by Crippen LogP contribution is 2.25. The molecule has 0 N–H and O–H groups in total. The zero-order valence-corrected chi connectivity index (χ0v) is 9.97. The van der Waals surface area contributed by atoms with Crippen molar-refractivity contribution in [3.8, 4) is 0 Å². The van der Waals surface area contributed by atoms with Crippen molar-refractivity contribution in [2.45, 2.75) is 26.8 Å². The van der Waals surface area contributed by atoms with Gasteiger partial charge >= 0.3 is 0 Å². The summed E-state index contributed by atoms with van der Waals surface area (Å²) < 4.78 is 2.18. The van der Waals surface area contributed by atoms with Crippen molar-refractivity contribution in [1.29, 1.82) is 0 Å². The summed E-state index contributed by atoms with van der Waals surface area (Å²) in [6.45, 7) is 5.74. The van der Waals surface area contributed by atoms with Gasteiger partial charge in [-0.15, -0.1) is 0 Å². The summed E-state index contributed by atoms with van der Waals surface area (Å²) in [5, 5.41) is 1.23. The van der Waals surface area contributed by atoms with Crippen molar-refractivity contribution in [3.63, 3.8) is 0 Å². The number of rotatable bonds is 3. The summed E-state index contributed by atoms with van der Waals surface area (Å²) in [4.78, 5) is 11.4. The van der Waals surface area contributed by atoms with E-state index in [9.17, 15) is 4.79 Å². The van der Waals surface area contributed by atoms with E-state index in [-0.39, 0.29) is 17.7 Å². The predicted molar refractivity (Wildman–Crippen MR) is 66.5 cm³/mol. The Hall–Kier alpha value is -1.57. The van der Waals surface area contributed by atoms with Gasteiger partial charge in [-0.25, -0.2) is 0 Å². The highest BCUT2D eigenvalue weighted by atomic mass is 16.1. The Morgan fingerprint density at radius 2 is 1.88 bits per heavy atom. The molecule has 2 aromatic rings. The molecule has 0 bridgehead atoms. The summed E-state index contributed by atoms with van der Waals surface area (Å²) in [6, 6.07) is 10.6. The minimum absolute atomic E-state index is 0.0517. The van der Waals surface area contributed by atoms with Crippen LogP contribution in [0.15, 0.2) is 36.5 Å². The van der Waals surface area contributed by atoms with E-state index >= 15 is 0 Å². The predicted octanol–water partition coefficient (Wildman–Crippen LogP) is 3.43. The summed E-state index contributed by atoms with van der Waals surface area (Å²) >= 11 is 0. The average Bonchev–Trinajstić information content (AvgIpc) is 2.70. The molecule has 0 aliphatic carbocycles. The van der Waals surface area contributed by atoms with Gasteiger partial charge in [0.25, 0.3) is 0 Å². The second-order valence-corrected chi connectivity index (χ2v) is 4.42. The third-order valence-electron chi connectivity index (χ3n) is 3.43. The standard InChI is InChI=1S/C14H17NO/c1-10(12(3)16)11(2)15-9-8-13-6-4-5-7-14(13)15/h4-11H,1-3H3. The zero-order chi connectivity index (χ0) is 11.7. The molecular formula is C14H17NO. The first kappa shape index (κ1) is 10.9. The Bertz CT molecular complexity index is 512. The fourth-order valence-corrected chi connectivity index (χ4v) is 2.04. The minimum atomic E-state index is 0.0517. The van der Waals surface area contributed by atoms with Gasteiger partial charge < -0.3 is 4.57 Å². The van der Waals surface area contributed by atoms with Crippen molar-refractivity contribution in [3.05, 3.63) is 36.5 Å². The van der Waals surface area contributed by atoms with Crippen LogP contribution in [0.3, 0.4) is 0 Å². The summed E-state index contributed by atoms with van der Waals surface area (Å²) in [5.41, 5.74) is 1.20. The lowest BCUT2D eigenvalue weighted by atomic mass is 9.99. The van der Waals surface area contributed by atoms with E-state index in [1.54, 1.807) is 6.92 Å². The Kier molecular flexibility index (Phi) is 2.82. The Morgan fingerprint density at radius 1 is 1.19 bits per heavy atom. The third kappa shape index (κ3) is 1.75. The molecule has 1 heterocycles. The smallest absolute Gasteiger partial charge is 0.134 e. The maximum atomic E-state index is 11.4. The van der Waals surface area contributed by atoms with Crippen LogP contribution < -0.4 is 0 Å². The molecular weight excluding hydrogens is 198 g/mol. The van der Waals surface area contributed by atoms with Crippen molar-refractivity contribution in [2.24, 2.45) is 5.92 Å². The number of carbonyl (C=O) groups is 1. The van der Waals surface area contributed by atoms with Crippen LogP contribution in [0.4, 0.5) is 0 Å². The molecule has 2 nitrogen and oxygen atoms in total. The van der Waals surface area contributed by atoms with E-state index in [1.807, 2.05) is 19.1 Å². The van der Waals surface area contributed by atoms with Crippen LogP contribution in [0.1, 0.15) is 26.8 Å². The lowest BCUT2D eigenvalue weighted by Gasteiger charge is -2.20. The van der Waals surface area contributed by atoms with E-state index in [0.717, 1.165) is 0 Å². The molecule has 0 saturated heterocycles. The molecule has 2 rings (SSSR count). The molecule has 0 fully saturated rings. The van der Waals surface area contributed by atoms with E-state index in [1.165, 1.54) is 10.9 Å². The first-order valence-electron chi connectivity index (χ1n) is 5.67. The number of hydrogen-bond donors (Lipinski definition) is 0. The minimum Gasteiger partial charge on any atom is -0.344 e. The van der Waals surface area contributed by atoms with Gasteiger partial charge in [0.2, 0.25) is 0 Å². The van der Waals surface area contributed by atoms with Crippen LogP contribution in [0.2, 0.25) is 0 Å². The molecule has 0 saturated carbocycles. The summed E-state index contributed by atoms with van der Waals surface area (Å²) in [7, 11) is 0. The number of para-hydroxylation sites is 1. The van der Waals surface area contributed by atoms with Crippen LogP contribution in [0.25, 0.3) is 10.9 Å².